The van der Waals surface area contributed by atoms with Gasteiger partial charge in [0.05, 0.1) is 9.79 Å². The molecule has 3 aromatic rings. The molecule has 0 spiro atoms. The van der Waals surface area contributed by atoms with Gasteiger partial charge in [0, 0.05) is 26.2 Å². The molecule has 4 rings (SSSR count). The van der Waals surface area contributed by atoms with Crippen LogP contribution >= 0.6 is 0 Å². The zero-order valence-corrected chi connectivity index (χ0v) is 20.9. The number of nitrogens with zero attached hydrogens (tertiary/aromatic N) is 2. The minimum Gasteiger partial charge on any atom is -0.351 e. The molecule has 10 heteroatoms. The smallest absolute Gasteiger partial charge is 0.243 e. The van der Waals surface area contributed by atoms with Crippen LogP contribution in [-0.2, 0) is 31.4 Å². The SMILES string of the molecule is Cc1ccc(CNC(=O)[C@@H]2CN(S(=O)(=O)c3ccccc3)CCN2S(=O)(=O)c2ccccc2)cc1. The molecule has 0 radical (unpaired) electrons. The van der Waals surface area contributed by atoms with Crippen molar-refractivity contribution in [1.82, 2.24) is 13.9 Å². The second kappa shape index (κ2) is 10.3. The highest BCUT2D eigenvalue weighted by molar-refractivity contribution is 7.89. The van der Waals surface area contributed by atoms with Gasteiger partial charge in [-0.1, -0.05) is 66.2 Å². The Balaban J connectivity index is 1.62. The lowest BCUT2D eigenvalue weighted by Crippen LogP contribution is -2.61. The number of hydrogen-bond donors (Lipinski definition) is 1. The molecule has 1 atom stereocenters. The highest BCUT2D eigenvalue weighted by Gasteiger charge is 2.43. The molecule has 1 aliphatic heterocycles. The molecule has 184 valence electrons. The number of hydrogen-bond acceptors (Lipinski definition) is 5. The third-order valence-corrected chi connectivity index (χ3v) is 9.72. The summed E-state index contributed by atoms with van der Waals surface area (Å²) in [5.74, 6) is -0.557. The van der Waals surface area contributed by atoms with E-state index in [1.54, 1.807) is 36.4 Å². The topological polar surface area (TPSA) is 104 Å². The van der Waals surface area contributed by atoms with Crippen molar-refractivity contribution in [3.8, 4) is 0 Å². The Morgan fingerprint density at radius 3 is 1.91 bits per heavy atom. The van der Waals surface area contributed by atoms with E-state index >= 15 is 0 Å². The van der Waals surface area contributed by atoms with Crippen molar-refractivity contribution >= 4 is 26.0 Å². The van der Waals surface area contributed by atoms with Crippen molar-refractivity contribution in [2.45, 2.75) is 29.3 Å². The molecular weight excluding hydrogens is 486 g/mol. The third-order valence-electron chi connectivity index (χ3n) is 5.91. The van der Waals surface area contributed by atoms with Gasteiger partial charge in [-0.25, -0.2) is 16.8 Å². The monoisotopic (exact) mass is 513 g/mol. The van der Waals surface area contributed by atoms with Gasteiger partial charge in [-0.15, -0.1) is 0 Å². The molecule has 0 bridgehead atoms. The molecule has 35 heavy (non-hydrogen) atoms. The number of carbonyl (C=O) groups excluding carboxylic acids is 1. The highest BCUT2D eigenvalue weighted by Crippen LogP contribution is 2.25. The second-order valence-corrected chi connectivity index (χ2v) is 12.2. The van der Waals surface area contributed by atoms with E-state index in [2.05, 4.69) is 5.32 Å². The highest BCUT2D eigenvalue weighted by atomic mass is 32.2. The fourth-order valence-corrected chi connectivity index (χ4v) is 6.99. The fourth-order valence-electron chi connectivity index (χ4n) is 3.94. The van der Waals surface area contributed by atoms with Gasteiger partial charge in [-0.2, -0.15) is 8.61 Å². The van der Waals surface area contributed by atoms with E-state index in [0.29, 0.717) is 0 Å². The summed E-state index contributed by atoms with van der Waals surface area (Å²) in [6.07, 6.45) is 0. The molecule has 1 fully saturated rings. The van der Waals surface area contributed by atoms with Crippen LogP contribution in [0.2, 0.25) is 0 Å². The summed E-state index contributed by atoms with van der Waals surface area (Å²) in [5, 5.41) is 2.79. The molecule has 0 saturated carbocycles. The van der Waals surface area contributed by atoms with E-state index in [-0.39, 0.29) is 36.0 Å². The summed E-state index contributed by atoms with van der Waals surface area (Å²) >= 11 is 0. The van der Waals surface area contributed by atoms with E-state index in [9.17, 15) is 21.6 Å². The van der Waals surface area contributed by atoms with Crippen LogP contribution in [-0.4, -0.2) is 57.0 Å². The van der Waals surface area contributed by atoms with Gasteiger partial charge < -0.3 is 5.32 Å². The van der Waals surface area contributed by atoms with Crippen LogP contribution in [0.1, 0.15) is 11.1 Å². The summed E-state index contributed by atoms with van der Waals surface area (Å²) in [6.45, 7) is 1.65. The van der Waals surface area contributed by atoms with Gasteiger partial charge in [0.25, 0.3) is 0 Å². The number of sulfonamides is 2. The average molecular weight is 514 g/mol. The number of carbonyl (C=O) groups is 1. The Labute approximate surface area is 206 Å². The zero-order valence-electron chi connectivity index (χ0n) is 19.2. The van der Waals surface area contributed by atoms with Gasteiger partial charge in [-0.05, 0) is 36.8 Å². The molecule has 1 N–H and O–H groups in total. The van der Waals surface area contributed by atoms with Crippen molar-refractivity contribution in [3.63, 3.8) is 0 Å². The third kappa shape index (κ3) is 5.46. The predicted molar refractivity (Wildman–Crippen MR) is 132 cm³/mol. The van der Waals surface area contributed by atoms with Crippen LogP contribution < -0.4 is 5.32 Å². The Morgan fingerprint density at radius 2 is 1.34 bits per heavy atom. The molecule has 8 nitrogen and oxygen atoms in total. The largest absolute Gasteiger partial charge is 0.351 e. The molecular formula is C25H27N3O5S2. The van der Waals surface area contributed by atoms with Crippen LogP contribution in [0.4, 0.5) is 0 Å². The molecule has 1 amide bonds. The number of benzene rings is 3. The summed E-state index contributed by atoms with van der Waals surface area (Å²) in [5.41, 5.74) is 1.93. The van der Waals surface area contributed by atoms with Crippen LogP contribution in [0.15, 0.2) is 94.7 Å². The number of nitrogens with one attached hydrogen (secondary N) is 1. The van der Waals surface area contributed by atoms with E-state index < -0.39 is 32.0 Å². The molecule has 1 saturated heterocycles. The van der Waals surface area contributed by atoms with Crippen molar-refractivity contribution in [2.75, 3.05) is 19.6 Å². The zero-order chi connectivity index (χ0) is 25.1. The van der Waals surface area contributed by atoms with Gasteiger partial charge in [0.1, 0.15) is 6.04 Å². The van der Waals surface area contributed by atoms with Gasteiger partial charge in [0.2, 0.25) is 26.0 Å². The lowest BCUT2D eigenvalue weighted by atomic mass is 10.1. The van der Waals surface area contributed by atoms with Crippen molar-refractivity contribution < 1.29 is 21.6 Å². The summed E-state index contributed by atoms with van der Waals surface area (Å²) in [4.78, 5) is 13.4. The van der Waals surface area contributed by atoms with E-state index in [4.69, 9.17) is 0 Å². The lowest BCUT2D eigenvalue weighted by Gasteiger charge is -2.39. The molecule has 0 aliphatic carbocycles. The molecule has 0 unspecified atom stereocenters. The van der Waals surface area contributed by atoms with E-state index in [1.165, 1.54) is 28.6 Å². The van der Waals surface area contributed by atoms with Crippen molar-refractivity contribution in [3.05, 3.63) is 96.1 Å². The maximum Gasteiger partial charge on any atom is 0.243 e. The van der Waals surface area contributed by atoms with Crippen LogP contribution in [0.5, 0.6) is 0 Å². The Morgan fingerprint density at radius 1 is 0.800 bits per heavy atom. The first-order valence-corrected chi connectivity index (χ1v) is 14.0. The fraction of sp³-hybridized carbons (Fsp3) is 0.240. The lowest BCUT2D eigenvalue weighted by molar-refractivity contribution is -0.126. The number of amides is 1. The Kier molecular flexibility index (Phi) is 7.36. The van der Waals surface area contributed by atoms with E-state index in [1.807, 2.05) is 31.2 Å². The maximum atomic E-state index is 13.4. The molecule has 1 heterocycles. The second-order valence-electron chi connectivity index (χ2n) is 8.32. The van der Waals surface area contributed by atoms with Gasteiger partial charge in [-0.3, -0.25) is 4.79 Å². The minimum atomic E-state index is -4.03. The summed E-state index contributed by atoms with van der Waals surface area (Å²) in [6, 6.07) is 22.1. The first-order valence-electron chi connectivity index (χ1n) is 11.1. The van der Waals surface area contributed by atoms with Crippen LogP contribution in [0.3, 0.4) is 0 Å². The molecule has 0 aromatic heterocycles. The number of piperazine rings is 1. The van der Waals surface area contributed by atoms with Crippen molar-refractivity contribution in [1.29, 1.82) is 0 Å². The summed E-state index contributed by atoms with van der Waals surface area (Å²) < 4.78 is 55.6. The predicted octanol–water partition coefficient (Wildman–Crippen LogP) is 2.38. The Bertz CT molecular complexity index is 1380. The Hall–Kier alpha value is -3.05. The first-order chi connectivity index (χ1) is 16.7. The van der Waals surface area contributed by atoms with E-state index in [0.717, 1.165) is 15.4 Å². The average Bonchev–Trinajstić information content (AvgIpc) is 2.89. The van der Waals surface area contributed by atoms with Gasteiger partial charge in [0.15, 0.2) is 0 Å². The van der Waals surface area contributed by atoms with Crippen LogP contribution in [0.25, 0.3) is 0 Å². The quantitative estimate of drug-likeness (QED) is 0.523. The van der Waals surface area contributed by atoms with Gasteiger partial charge >= 0.3 is 0 Å². The molecule has 1 aliphatic rings. The number of rotatable bonds is 7. The number of aryl methyl sites for hydroxylation is 1. The standard InChI is InChI=1S/C25H27N3O5S2/c1-20-12-14-21(15-13-20)18-26-25(29)24-19-27(34(30,31)22-8-4-2-5-9-22)16-17-28(24)35(32,33)23-10-6-3-7-11-23/h2-15,24H,16-19H2,1H3,(H,26,29)/t24-/m0/s1. The first kappa shape index (κ1) is 25.1. The minimum absolute atomic E-state index is 0.0516. The normalized spacial score (nSPS) is 17.7. The maximum absolute atomic E-state index is 13.4. The van der Waals surface area contributed by atoms with Crippen LogP contribution in [0, 0.1) is 6.92 Å². The van der Waals surface area contributed by atoms with Crippen molar-refractivity contribution in [2.24, 2.45) is 0 Å². The molecule has 3 aromatic carbocycles. The summed E-state index contributed by atoms with van der Waals surface area (Å²) in [7, 11) is -7.93.